The smallest absolute Gasteiger partial charge is 0.260 e. The third-order valence-corrected chi connectivity index (χ3v) is 3.88. The maximum Gasteiger partial charge on any atom is 0.260 e. The monoisotopic (exact) mass is 320 g/mol. The fourth-order valence-corrected chi connectivity index (χ4v) is 2.45. The molecule has 3 rings (SSSR count). The number of hydrogen-bond donors (Lipinski definition) is 0. The Hall–Kier alpha value is -2.88. The van der Waals surface area contributed by atoms with E-state index in [2.05, 4.69) is 11.1 Å². The summed E-state index contributed by atoms with van der Waals surface area (Å²) in [6.07, 6.45) is 1.81. The number of fused-ring (bicyclic) bond motifs is 1. The van der Waals surface area contributed by atoms with Crippen molar-refractivity contribution in [1.29, 1.82) is 0 Å². The van der Waals surface area contributed by atoms with Crippen LogP contribution in [0, 0.1) is 6.92 Å². The van der Waals surface area contributed by atoms with Crippen LogP contribution in [0.15, 0.2) is 60.8 Å². The van der Waals surface area contributed by atoms with Crippen molar-refractivity contribution in [2.75, 3.05) is 13.7 Å². The highest BCUT2D eigenvalue weighted by Gasteiger charge is 2.11. The van der Waals surface area contributed by atoms with Gasteiger partial charge in [-0.25, -0.2) is 0 Å². The lowest BCUT2D eigenvalue weighted by molar-refractivity contribution is -0.132. The highest BCUT2D eigenvalue weighted by atomic mass is 16.5. The molecule has 0 unspecified atom stereocenters. The van der Waals surface area contributed by atoms with E-state index >= 15 is 0 Å². The summed E-state index contributed by atoms with van der Waals surface area (Å²) in [4.78, 5) is 18.3. The van der Waals surface area contributed by atoms with Crippen LogP contribution < -0.4 is 4.74 Å². The molecule has 4 nitrogen and oxygen atoms in total. The number of carbonyl (C=O) groups excluding carboxylic acids is 1. The molecule has 3 aromatic rings. The number of pyridine rings is 1. The Kier molecular flexibility index (Phi) is 4.75. The molecule has 0 bridgehead atoms. The van der Waals surface area contributed by atoms with Crippen molar-refractivity contribution in [2.24, 2.45) is 0 Å². The van der Waals surface area contributed by atoms with Gasteiger partial charge in [-0.3, -0.25) is 9.78 Å². The minimum absolute atomic E-state index is 0.0283. The van der Waals surface area contributed by atoms with Gasteiger partial charge >= 0.3 is 0 Å². The molecule has 0 radical (unpaired) electrons. The first-order valence-electron chi connectivity index (χ1n) is 7.89. The van der Waals surface area contributed by atoms with Crippen LogP contribution in [0.5, 0.6) is 5.75 Å². The zero-order chi connectivity index (χ0) is 16.9. The number of para-hydroxylation sites is 1. The van der Waals surface area contributed by atoms with Gasteiger partial charge in [0, 0.05) is 25.2 Å². The Labute approximate surface area is 141 Å². The van der Waals surface area contributed by atoms with Crippen LogP contribution in [0.2, 0.25) is 0 Å². The van der Waals surface area contributed by atoms with E-state index in [4.69, 9.17) is 4.74 Å². The van der Waals surface area contributed by atoms with Gasteiger partial charge in [-0.1, -0.05) is 35.9 Å². The van der Waals surface area contributed by atoms with Crippen LogP contribution >= 0.6 is 0 Å². The van der Waals surface area contributed by atoms with Gasteiger partial charge in [0.25, 0.3) is 5.91 Å². The molecule has 0 fully saturated rings. The van der Waals surface area contributed by atoms with Gasteiger partial charge in [0.15, 0.2) is 6.61 Å². The highest BCUT2D eigenvalue weighted by molar-refractivity contribution is 5.79. The summed E-state index contributed by atoms with van der Waals surface area (Å²) in [6, 6.07) is 17.7. The Morgan fingerprint density at radius 3 is 2.67 bits per heavy atom. The average Bonchev–Trinajstić information content (AvgIpc) is 2.61. The molecule has 1 heterocycles. The Morgan fingerprint density at radius 2 is 1.88 bits per heavy atom. The largest absolute Gasteiger partial charge is 0.484 e. The van der Waals surface area contributed by atoms with Gasteiger partial charge in [0.2, 0.25) is 0 Å². The molecule has 122 valence electrons. The zero-order valence-corrected chi connectivity index (χ0v) is 13.9. The molecule has 0 aliphatic heterocycles. The molecule has 0 aliphatic carbocycles. The molecular weight excluding hydrogens is 300 g/mol. The summed E-state index contributed by atoms with van der Waals surface area (Å²) < 4.78 is 5.55. The van der Waals surface area contributed by atoms with Gasteiger partial charge in [-0.05, 0) is 36.8 Å². The molecule has 4 heteroatoms. The summed E-state index contributed by atoms with van der Waals surface area (Å²) in [7, 11) is 1.77. The van der Waals surface area contributed by atoms with E-state index in [1.165, 1.54) is 0 Å². The summed E-state index contributed by atoms with van der Waals surface area (Å²) in [5.41, 5.74) is 3.12. The van der Waals surface area contributed by atoms with Crippen molar-refractivity contribution in [1.82, 2.24) is 9.88 Å². The van der Waals surface area contributed by atoms with Crippen molar-refractivity contribution < 1.29 is 9.53 Å². The zero-order valence-electron chi connectivity index (χ0n) is 13.9. The van der Waals surface area contributed by atoms with E-state index in [-0.39, 0.29) is 12.5 Å². The van der Waals surface area contributed by atoms with E-state index in [1.807, 2.05) is 61.7 Å². The summed E-state index contributed by atoms with van der Waals surface area (Å²) >= 11 is 0. The topological polar surface area (TPSA) is 42.4 Å². The summed E-state index contributed by atoms with van der Waals surface area (Å²) in [6.45, 7) is 2.55. The Bertz CT molecular complexity index is 844. The molecule has 0 saturated heterocycles. The summed E-state index contributed by atoms with van der Waals surface area (Å²) in [5, 5.41) is 1.08. The van der Waals surface area contributed by atoms with Crippen LogP contribution in [0.1, 0.15) is 11.1 Å². The fraction of sp³-hybridized carbons (Fsp3) is 0.200. The number of aryl methyl sites for hydroxylation is 1. The molecule has 0 aliphatic rings. The maximum atomic E-state index is 12.2. The van der Waals surface area contributed by atoms with Crippen molar-refractivity contribution >= 4 is 16.8 Å². The minimum atomic E-state index is -0.0660. The number of benzene rings is 2. The molecule has 0 N–H and O–H groups in total. The maximum absolute atomic E-state index is 12.2. The van der Waals surface area contributed by atoms with Crippen LogP contribution in [0.3, 0.4) is 0 Å². The third-order valence-electron chi connectivity index (χ3n) is 3.88. The van der Waals surface area contributed by atoms with Crippen LogP contribution in [0.25, 0.3) is 10.9 Å². The lowest BCUT2D eigenvalue weighted by Gasteiger charge is -2.17. The second kappa shape index (κ2) is 7.13. The SMILES string of the molecule is Cc1ccc(OCC(=O)N(C)Cc2cnc3ccccc3c2)cc1. The molecule has 1 amide bonds. The first-order chi connectivity index (χ1) is 11.6. The molecule has 0 spiro atoms. The summed E-state index contributed by atoms with van der Waals surface area (Å²) in [5.74, 6) is 0.637. The molecule has 1 aromatic heterocycles. The molecule has 24 heavy (non-hydrogen) atoms. The van der Waals surface area contributed by atoms with E-state index in [0.29, 0.717) is 12.3 Å². The third kappa shape index (κ3) is 3.90. The van der Waals surface area contributed by atoms with E-state index in [1.54, 1.807) is 11.9 Å². The Balaban J connectivity index is 1.59. The number of carbonyl (C=O) groups is 1. The molecular formula is C20H20N2O2. The van der Waals surface area contributed by atoms with Gasteiger partial charge in [-0.2, -0.15) is 0 Å². The van der Waals surface area contributed by atoms with Crippen molar-refractivity contribution in [3.8, 4) is 5.75 Å². The normalized spacial score (nSPS) is 10.6. The van der Waals surface area contributed by atoms with Crippen molar-refractivity contribution in [2.45, 2.75) is 13.5 Å². The fourth-order valence-electron chi connectivity index (χ4n) is 2.45. The van der Waals surface area contributed by atoms with E-state index in [0.717, 1.165) is 22.0 Å². The van der Waals surface area contributed by atoms with E-state index in [9.17, 15) is 4.79 Å². The number of aromatic nitrogens is 1. The van der Waals surface area contributed by atoms with Crippen LogP contribution in [0.4, 0.5) is 0 Å². The predicted octanol–water partition coefficient (Wildman–Crippen LogP) is 3.58. The van der Waals surface area contributed by atoms with Gasteiger partial charge in [0.05, 0.1) is 5.52 Å². The lowest BCUT2D eigenvalue weighted by atomic mass is 10.1. The molecule has 0 atom stereocenters. The van der Waals surface area contributed by atoms with Gasteiger partial charge in [-0.15, -0.1) is 0 Å². The predicted molar refractivity (Wildman–Crippen MR) is 94.9 cm³/mol. The first-order valence-corrected chi connectivity index (χ1v) is 7.89. The number of nitrogens with zero attached hydrogens (tertiary/aromatic N) is 2. The minimum Gasteiger partial charge on any atom is -0.484 e. The number of ether oxygens (including phenoxy) is 1. The molecule has 2 aromatic carbocycles. The highest BCUT2D eigenvalue weighted by Crippen LogP contribution is 2.14. The average molecular weight is 320 g/mol. The van der Waals surface area contributed by atoms with Crippen LogP contribution in [-0.2, 0) is 11.3 Å². The Morgan fingerprint density at radius 1 is 1.12 bits per heavy atom. The van der Waals surface area contributed by atoms with Crippen LogP contribution in [-0.4, -0.2) is 29.4 Å². The van der Waals surface area contributed by atoms with Gasteiger partial charge in [0.1, 0.15) is 5.75 Å². The number of amides is 1. The second-order valence-corrected chi connectivity index (χ2v) is 5.89. The number of hydrogen-bond acceptors (Lipinski definition) is 3. The quantitative estimate of drug-likeness (QED) is 0.721. The number of rotatable bonds is 5. The second-order valence-electron chi connectivity index (χ2n) is 5.89. The van der Waals surface area contributed by atoms with Crippen molar-refractivity contribution in [3.05, 3.63) is 71.9 Å². The van der Waals surface area contributed by atoms with Crippen molar-refractivity contribution in [3.63, 3.8) is 0 Å². The standard InChI is InChI=1S/C20H20N2O2/c1-15-7-9-18(10-8-15)24-14-20(23)22(2)13-16-11-17-5-3-4-6-19(17)21-12-16/h3-12H,13-14H2,1-2H3. The first kappa shape index (κ1) is 16.0. The molecule has 0 saturated carbocycles. The number of likely N-dealkylation sites (N-methyl/N-ethyl adjacent to an activating group) is 1. The lowest BCUT2D eigenvalue weighted by Crippen LogP contribution is -2.31. The van der Waals surface area contributed by atoms with Gasteiger partial charge < -0.3 is 9.64 Å². The van der Waals surface area contributed by atoms with E-state index < -0.39 is 0 Å².